The van der Waals surface area contributed by atoms with Gasteiger partial charge in [-0.3, -0.25) is 9.59 Å². The summed E-state index contributed by atoms with van der Waals surface area (Å²) in [5.74, 6) is -2.17. The Bertz CT molecular complexity index is 1100. The molecular weight excluding hydrogens is 424 g/mol. The predicted octanol–water partition coefficient (Wildman–Crippen LogP) is 3.80. The Hall–Kier alpha value is -3.27. The Labute approximate surface area is 182 Å². The van der Waals surface area contributed by atoms with Gasteiger partial charge in [0.15, 0.2) is 16.8 Å². The van der Waals surface area contributed by atoms with Gasteiger partial charge in [0.2, 0.25) is 11.8 Å². The average molecular weight is 445 g/mol. The third kappa shape index (κ3) is 5.88. The topological polar surface area (TPSA) is 88.9 Å². The lowest BCUT2D eigenvalue weighted by atomic mass is 10.2. The molecule has 31 heavy (non-hydrogen) atoms. The number of carbonyl (C=O) groups excluding carboxylic acids is 2. The fraction of sp³-hybridized carbons (Fsp3) is 0.238. The van der Waals surface area contributed by atoms with E-state index in [-0.39, 0.29) is 23.8 Å². The number of aryl methyl sites for hydroxylation is 1. The largest absolute Gasteiger partial charge is 0.325 e. The third-order valence-corrected chi connectivity index (χ3v) is 5.35. The molecule has 2 amide bonds. The van der Waals surface area contributed by atoms with Crippen molar-refractivity contribution >= 4 is 35.0 Å². The van der Waals surface area contributed by atoms with Gasteiger partial charge in [0, 0.05) is 24.0 Å². The zero-order valence-corrected chi connectivity index (χ0v) is 17.8. The Morgan fingerprint density at radius 3 is 2.52 bits per heavy atom. The number of carbonyl (C=O) groups is 2. The van der Waals surface area contributed by atoms with Crippen LogP contribution in [0.4, 0.5) is 20.2 Å². The van der Waals surface area contributed by atoms with E-state index in [1.807, 2.05) is 38.1 Å². The molecule has 0 fully saturated rings. The number of rotatable bonds is 8. The molecule has 0 aliphatic heterocycles. The fourth-order valence-electron chi connectivity index (χ4n) is 2.83. The van der Waals surface area contributed by atoms with Crippen molar-refractivity contribution < 1.29 is 18.4 Å². The SMILES string of the molecule is CCn1c(CC(=O)Nc2ccccc2C)nnc1SCC(=O)Nc1ccc(F)c(F)c1. The molecule has 0 spiro atoms. The number of halogens is 2. The first-order valence-corrected chi connectivity index (χ1v) is 10.5. The Morgan fingerprint density at radius 1 is 1.03 bits per heavy atom. The molecule has 0 bridgehead atoms. The van der Waals surface area contributed by atoms with Gasteiger partial charge in [-0.1, -0.05) is 30.0 Å². The summed E-state index contributed by atoms with van der Waals surface area (Å²) in [5, 5.41) is 14.0. The maximum atomic E-state index is 13.3. The third-order valence-electron chi connectivity index (χ3n) is 4.38. The minimum atomic E-state index is -1.04. The van der Waals surface area contributed by atoms with Gasteiger partial charge in [0.05, 0.1) is 12.2 Å². The lowest BCUT2D eigenvalue weighted by Gasteiger charge is -2.09. The van der Waals surface area contributed by atoms with Crippen LogP contribution in [-0.4, -0.2) is 32.3 Å². The minimum absolute atomic E-state index is 0.00741. The smallest absolute Gasteiger partial charge is 0.234 e. The second-order valence-corrected chi connectivity index (χ2v) is 7.59. The quantitative estimate of drug-likeness (QED) is 0.515. The fourth-order valence-corrected chi connectivity index (χ4v) is 3.65. The van der Waals surface area contributed by atoms with Crippen LogP contribution in [0, 0.1) is 18.6 Å². The van der Waals surface area contributed by atoms with E-state index < -0.39 is 17.5 Å². The maximum Gasteiger partial charge on any atom is 0.234 e. The van der Waals surface area contributed by atoms with Crippen molar-refractivity contribution in [1.82, 2.24) is 14.8 Å². The number of nitrogens with zero attached hydrogens (tertiary/aromatic N) is 3. The van der Waals surface area contributed by atoms with Crippen molar-refractivity contribution in [1.29, 1.82) is 0 Å². The Balaban J connectivity index is 1.59. The van der Waals surface area contributed by atoms with Crippen molar-refractivity contribution in [3.8, 4) is 0 Å². The van der Waals surface area contributed by atoms with E-state index >= 15 is 0 Å². The zero-order chi connectivity index (χ0) is 22.4. The van der Waals surface area contributed by atoms with Gasteiger partial charge >= 0.3 is 0 Å². The van der Waals surface area contributed by atoms with Gasteiger partial charge in [0.1, 0.15) is 5.82 Å². The summed E-state index contributed by atoms with van der Waals surface area (Å²) >= 11 is 1.14. The molecule has 0 saturated carbocycles. The first-order chi connectivity index (χ1) is 14.9. The molecule has 3 aromatic rings. The van der Waals surface area contributed by atoms with Gasteiger partial charge in [-0.15, -0.1) is 10.2 Å². The van der Waals surface area contributed by atoms with E-state index in [4.69, 9.17) is 0 Å². The summed E-state index contributed by atoms with van der Waals surface area (Å²) in [5.41, 5.74) is 1.85. The molecule has 0 aliphatic carbocycles. The highest BCUT2D eigenvalue weighted by molar-refractivity contribution is 7.99. The first kappa shape index (κ1) is 22.4. The number of hydrogen-bond donors (Lipinski definition) is 2. The van der Waals surface area contributed by atoms with Crippen molar-refractivity contribution in [2.45, 2.75) is 32.0 Å². The number of benzene rings is 2. The summed E-state index contributed by atoms with van der Waals surface area (Å²) < 4.78 is 28.0. The minimum Gasteiger partial charge on any atom is -0.325 e. The normalized spacial score (nSPS) is 10.7. The maximum absolute atomic E-state index is 13.3. The van der Waals surface area contributed by atoms with Crippen LogP contribution in [0.1, 0.15) is 18.3 Å². The summed E-state index contributed by atoms with van der Waals surface area (Å²) in [7, 11) is 0. The van der Waals surface area contributed by atoms with Gasteiger partial charge in [-0.25, -0.2) is 8.78 Å². The van der Waals surface area contributed by atoms with Crippen LogP contribution in [0.2, 0.25) is 0 Å². The van der Waals surface area contributed by atoms with E-state index in [1.54, 1.807) is 4.57 Å². The van der Waals surface area contributed by atoms with Crippen molar-refractivity contribution in [3.05, 3.63) is 65.5 Å². The molecule has 1 aromatic heterocycles. The number of thioether (sulfide) groups is 1. The molecule has 0 radical (unpaired) electrons. The lowest BCUT2D eigenvalue weighted by Crippen LogP contribution is -2.18. The molecule has 0 aliphatic rings. The average Bonchev–Trinajstić information content (AvgIpc) is 3.12. The summed E-state index contributed by atoms with van der Waals surface area (Å²) in [4.78, 5) is 24.5. The van der Waals surface area contributed by atoms with Gasteiger partial charge in [-0.05, 0) is 37.6 Å². The van der Waals surface area contributed by atoms with Crippen LogP contribution in [0.15, 0.2) is 47.6 Å². The Morgan fingerprint density at radius 2 is 1.81 bits per heavy atom. The number of nitrogens with one attached hydrogen (secondary N) is 2. The molecule has 0 atom stereocenters. The molecule has 10 heteroatoms. The second kappa shape index (κ2) is 10.2. The number of para-hydroxylation sites is 1. The molecule has 2 N–H and O–H groups in total. The highest BCUT2D eigenvalue weighted by Crippen LogP contribution is 2.19. The van der Waals surface area contributed by atoms with Crippen LogP contribution in [-0.2, 0) is 22.6 Å². The summed E-state index contributed by atoms with van der Waals surface area (Å²) in [6.45, 7) is 4.31. The van der Waals surface area contributed by atoms with Gasteiger partial charge < -0.3 is 15.2 Å². The van der Waals surface area contributed by atoms with E-state index in [0.29, 0.717) is 17.5 Å². The van der Waals surface area contributed by atoms with E-state index in [2.05, 4.69) is 20.8 Å². The van der Waals surface area contributed by atoms with E-state index in [9.17, 15) is 18.4 Å². The number of amides is 2. The Kier molecular flexibility index (Phi) is 7.35. The van der Waals surface area contributed by atoms with Crippen molar-refractivity contribution in [2.75, 3.05) is 16.4 Å². The molecule has 1 heterocycles. The van der Waals surface area contributed by atoms with E-state index in [0.717, 1.165) is 35.1 Å². The molecule has 3 rings (SSSR count). The van der Waals surface area contributed by atoms with Crippen LogP contribution < -0.4 is 10.6 Å². The summed E-state index contributed by atoms with van der Waals surface area (Å²) in [6.07, 6.45) is 0.0385. The van der Waals surface area contributed by atoms with Crippen LogP contribution in [0.25, 0.3) is 0 Å². The second-order valence-electron chi connectivity index (χ2n) is 6.65. The predicted molar refractivity (Wildman–Crippen MR) is 115 cm³/mol. The van der Waals surface area contributed by atoms with E-state index in [1.165, 1.54) is 6.07 Å². The molecule has 0 saturated heterocycles. The standard InChI is InChI=1S/C21H21F2N5O2S/c1-3-28-18(11-19(29)25-17-7-5-4-6-13(17)2)26-27-21(28)31-12-20(30)24-14-8-9-15(22)16(23)10-14/h4-10H,3,11-12H2,1-2H3,(H,24,30)(H,25,29). The molecular formula is C21H21F2N5O2S. The van der Waals surface area contributed by atoms with Gasteiger partial charge in [-0.2, -0.15) is 0 Å². The molecule has 0 unspecified atom stereocenters. The number of hydrogen-bond acceptors (Lipinski definition) is 5. The molecule has 7 nitrogen and oxygen atoms in total. The van der Waals surface area contributed by atoms with Crippen LogP contribution >= 0.6 is 11.8 Å². The highest BCUT2D eigenvalue weighted by Gasteiger charge is 2.16. The van der Waals surface area contributed by atoms with Crippen LogP contribution in [0.5, 0.6) is 0 Å². The van der Waals surface area contributed by atoms with Crippen molar-refractivity contribution in [2.24, 2.45) is 0 Å². The number of anilines is 2. The zero-order valence-electron chi connectivity index (χ0n) is 17.0. The number of aromatic nitrogens is 3. The molecule has 162 valence electrons. The lowest BCUT2D eigenvalue weighted by molar-refractivity contribution is -0.116. The van der Waals surface area contributed by atoms with Gasteiger partial charge in [0.25, 0.3) is 0 Å². The monoisotopic (exact) mass is 445 g/mol. The first-order valence-electron chi connectivity index (χ1n) is 9.52. The van der Waals surface area contributed by atoms with Crippen LogP contribution in [0.3, 0.4) is 0 Å². The highest BCUT2D eigenvalue weighted by atomic mass is 32.2. The molecule has 2 aromatic carbocycles. The van der Waals surface area contributed by atoms with Crippen molar-refractivity contribution in [3.63, 3.8) is 0 Å². The summed E-state index contributed by atoms with van der Waals surface area (Å²) in [6, 6.07) is 10.6.